The molecular weight excluding hydrogens is 297 g/mol. The first-order chi connectivity index (χ1) is 8.50. The highest BCUT2D eigenvalue weighted by atomic mass is 79.9. The molecule has 2 unspecified atom stereocenters. The number of rotatable bonds is 1. The number of benzene rings is 1. The van der Waals surface area contributed by atoms with Crippen molar-refractivity contribution in [3.63, 3.8) is 0 Å². The molecule has 18 heavy (non-hydrogen) atoms. The third kappa shape index (κ3) is 2.58. The lowest BCUT2D eigenvalue weighted by Gasteiger charge is -2.39. The van der Waals surface area contributed by atoms with Crippen molar-refractivity contribution >= 4 is 21.8 Å². The Kier molecular flexibility index (Phi) is 4.05. The molecule has 0 aliphatic carbocycles. The number of carbonyl (C=O) groups is 1. The lowest BCUT2D eigenvalue weighted by atomic mass is 9.96. The molecule has 1 aliphatic heterocycles. The molecule has 0 bridgehead atoms. The van der Waals surface area contributed by atoms with Gasteiger partial charge in [0.2, 0.25) is 0 Å². The Hall–Kier alpha value is -0.900. The highest BCUT2D eigenvalue weighted by Gasteiger charge is 2.29. The monoisotopic (exact) mass is 313 g/mol. The Morgan fingerprint density at radius 2 is 1.94 bits per heavy atom. The van der Waals surface area contributed by atoms with Crippen LogP contribution in [-0.2, 0) is 0 Å². The normalized spacial score (nSPS) is 24.1. The predicted molar refractivity (Wildman–Crippen MR) is 73.0 cm³/mol. The van der Waals surface area contributed by atoms with E-state index in [1.807, 2.05) is 4.90 Å². The van der Waals surface area contributed by atoms with Crippen LogP contribution in [0.2, 0.25) is 0 Å². The van der Waals surface area contributed by atoms with Gasteiger partial charge in [0.1, 0.15) is 5.82 Å². The minimum absolute atomic E-state index is 0.00426. The third-order valence-electron chi connectivity index (χ3n) is 3.59. The quantitative estimate of drug-likeness (QED) is 0.767. The average Bonchev–Trinajstić information content (AvgIpc) is 2.32. The summed E-state index contributed by atoms with van der Waals surface area (Å²) in [4.78, 5) is 14.4. The van der Waals surface area contributed by atoms with E-state index in [0.29, 0.717) is 10.0 Å². The van der Waals surface area contributed by atoms with E-state index < -0.39 is 0 Å². The topological polar surface area (TPSA) is 20.3 Å². The summed E-state index contributed by atoms with van der Waals surface area (Å²) in [5, 5.41) is 0. The fourth-order valence-electron chi connectivity index (χ4n) is 2.60. The molecule has 0 radical (unpaired) electrons. The number of likely N-dealkylation sites (tertiary alicyclic amines) is 1. The van der Waals surface area contributed by atoms with Gasteiger partial charge in [-0.05, 0) is 67.2 Å². The lowest BCUT2D eigenvalue weighted by molar-refractivity contribution is 0.0510. The predicted octanol–water partition coefficient (Wildman–Crippen LogP) is 3.99. The van der Waals surface area contributed by atoms with Gasteiger partial charge >= 0.3 is 0 Å². The van der Waals surface area contributed by atoms with E-state index in [1.54, 1.807) is 12.1 Å². The summed E-state index contributed by atoms with van der Waals surface area (Å²) in [5.74, 6) is -0.346. The van der Waals surface area contributed by atoms with Crippen molar-refractivity contribution in [1.82, 2.24) is 4.90 Å². The second-order valence-corrected chi connectivity index (χ2v) is 5.82. The first-order valence-corrected chi connectivity index (χ1v) is 7.07. The second kappa shape index (κ2) is 5.39. The van der Waals surface area contributed by atoms with Gasteiger partial charge in [-0.1, -0.05) is 0 Å². The highest BCUT2D eigenvalue weighted by molar-refractivity contribution is 9.10. The molecule has 4 heteroatoms. The van der Waals surface area contributed by atoms with Gasteiger partial charge in [-0.25, -0.2) is 4.39 Å². The van der Waals surface area contributed by atoms with Crippen LogP contribution in [0.3, 0.4) is 0 Å². The molecule has 2 nitrogen and oxygen atoms in total. The first kappa shape index (κ1) is 13.5. The molecule has 0 N–H and O–H groups in total. The summed E-state index contributed by atoms with van der Waals surface area (Å²) in [7, 11) is 0. The van der Waals surface area contributed by atoms with Crippen LogP contribution in [0, 0.1) is 5.82 Å². The Labute approximate surface area is 115 Å². The number of piperidine rings is 1. The van der Waals surface area contributed by atoms with Crippen molar-refractivity contribution in [2.45, 2.75) is 45.2 Å². The molecule has 1 fully saturated rings. The van der Waals surface area contributed by atoms with E-state index in [2.05, 4.69) is 29.8 Å². The van der Waals surface area contributed by atoms with E-state index in [4.69, 9.17) is 0 Å². The van der Waals surface area contributed by atoms with Crippen LogP contribution in [-0.4, -0.2) is 22.9 Å². The SMILES string of the molecule is CC1CCCC(C)N1C(=O)c1ccc(F)c(Br)c1. The number of amides is 1. The largest absolute Gasteiger partial charge is 0.333 e. The zero-order valence-electron chi connectivity index (χ0n) is 10.6. The molecule has 1 amide bonds. The van der Waals surface area contributed by atoms with E-state index in [1.165, 1.54) is 12.5 Å². The van der Waals surface area contributed by atoms with Crippen LogP contribution in [0.15, 0.2) is 22.7 Å². The van der Waals surface area contributed by atoms with E-state index >= 15 is 0 Å². The van der Waals surface area contributed by atoms with Gasteiger partial charge in [-0.15, -0.1) is 0 Å². The van der Waals surface area contributed by atoms with Crippen LogP contribution in [0.25, 0.3) is 0 Å². The molecule has 2 atom stereocenters. The Bertz CT molecular complexity index is 453. The van der Waals surface area contributed by atoms with Gasteiger partial charge in [0.15, 0.2) is 0 Å². The van der Waals surface area contributed by atoms with Crippen molar-refractivity contribution < 1.29 is 9.18 Å². The highest BCUT2D eigenvalue weighted by Crippen LogP contribution is 2.26. The molecule has 1 aromatic carbocycles. The average molecular weight is 314 g/mol. The number of halogens is 2. The molecule has 1 aromatic rings. The Morgan fingerprint density at radius 1 is 1.33 bits per heavy atom. The fourth-order valence-corrected chi connectivity index (χ4v) is 2.98. The van der Waals surface area contributed by atoms with Crippen molar-refractivity contribution in [2.75, 3.05) is 0 Å². The molecule has 0 saturated carbocycles. The minimum atomic E-state index is -0.341. The Balaban J connectivity index is 2.26. The maximum atomic E-state index is 13.2. The summed E-state index contributed by atoms with van der Waals surface area (Å²) in [6, 6.07) is 4.95. The Morgan fingerprint density at radius 3 is 2.50 bits per heavy atom. The summed E-state index contributed by atoms with van der Waals surface area (Å²) in [6.07, 6.45) is 3.25. The number of hydrogen-bond donors (Lipinski definition) is 0. The van der Waals surface area contributed by atoms with E-state index in [9.17, 15) is 9.18 Å². The van der Waals surface area contributed by atoms with Crippen LogP contribution in [0.5, 0.6) is 0 Å². The van der Waals surface area contributed by atoms with E-state index in [0.717, 1.165) is 12.8 Å². The number of hydrogen-bond acceptors (Lipinski definition) is 1. The van der Waals surface area contributed by atoms with Crippen molar-refractivity contribution in [3.05, 3.63) is 34.1 Å². The van der Waals surface area contributed by atoms with Gasteiger partial charge in [0, 0.05) is 17.6 Å². The molecule has 1 saturated heterocycles. The van der Waals surface area contributed by atoms with Gasteiger partial charge < -0.3 is 4.90 Å². The van der Waals surface area contributed by atoms with Crippen LogP contribution in [0.1, 0.15) is 43.5 Å². The smallest absolute Gasteiger partial charge is 0.254 e. The van der Waals surface area contributed by atoms with Crippen LogP contribution in [0.4, 0.5) is 4.39 Å². The molecule has 1 aliphatic rings. The maximum absolute atomic E-state index is 13.2. The van der Waals surface area contributed by atoms with Gasteiger partial charge in [-0.2, -0.15) is 0 Å². The van der Waals surface area contributed by atoms with Crippen molar-refractivity contribution in [2.24, 2.45) is 0 Å². The van der Waals surface area contributed by atoms with Gasteiger partial charge in [0.25, 0.3) is 5.91 Å². The van der Waals surface area contributed by atoms with Crippen LogP contribution >= 0.6 is 15.9 Å². The zero-order valence-corrected chi connectivity index (χ0v) is 12.2. The number of carbonyl (C=O) groups excluding carboxylic acids is 1. The summed E-state index contributed by atoms with van der Waals surface area (Å²) >= 11 is 3.12. The lowest BCUT2D eigenvalue weighted by Crippen LogP contribution is -2.47. The molecule has 0 spiro atoms. The first-order valence-electron chi connectivity index (χ1n) is 6.28. The third-order valence-corrected chi connectivity index (χ3v) is 4.20. The minimum Gasteiger partial charge on any atom is -0.333 e. The fraction of sp³-hybridized carbons (Fsp3) is 0.500. The molecule has 98 valence electrons. The van der Waals surface area contributed by atoms with Gasteiger partial charge in [0.05, 0.1) is 4.47 Å². The summed E-state index contributed by atoms with van der Waals surface area (Å²) in [5.41, 5.74) is 0.545. The second-order valence-electron chi connectivity index (χ2n) is 4.97. The number of nitrogens with zero attached hydrogens (tertiary/aromatic N) is 1. The summed E-state index contributed by atoms with van der Waals surface area (Å²) < 4.78 is 13.5. The maximum Gasteiger partial charge on any atom is 0.254 e. The molecule has 2 rings (SSSR count). The van der Waals surface area contributed by atoms with Crippen molar-refractivity contribution in [1.29, 1.82) is 0 Å². The van der Waals surface area contributed by atoms with Crippen molar-refractivity contribution in [3.8, 4) is 0 Å². The standard InChI is InChI=1S/C14H17BrFNO/c1-9-4-3-5-10(2)17(9)14(18)11-6-7-13(16)12(15)8-11/h6-10H,3-5H2,1-2H3. The zero-order chi connectivity index (χ0) is 13.3. The molecule has 1 heterocycles. The summed E-state index contributed by atoms with van der Waals surface area (Å²) in [6.45, 7) is 4.15. The van der Waals surface area contributed by atoms with Crippen LogP contribution < -0.4 is 0 Å². The molecular formula is C14H17BrFNO. The van der Waals surface area contributed by atoms with E-state index in [-0.39, 0.29) is 23.8 Å². The van der Waals surface area contributed by atoms with Gasteiger partial charge in [-0.3, -0.25) is 4.79 Å². The molecule has 0 aromatic heterocycles.